The third-order valence-electron chi connectivity index (χ3n) is 2.32. The van der Waals surface area contributed by atoms with Gasteiger partial charge in [-0.05, 0) is 18.2 Å². The van der Waals surface area contributed by atoms with Crippen LogP contribution in [-0.2, 0) is 6.54 Å². The summed E-state index contributed by atoms with van der Waals surface area (Å²) in [5.74, 6) is 0.690. The molecule has 0 amide bonds. The number of halogens is 1. The van der Waals surface area contributed by atoms with Crippen molar-refractivity contribution in [3.8, 4) is 5.13 Å². The first kappa shape index (κ1) is 10.6. The van der Waals surface area contributed by atoms with Crippen molar-refractivity contribution in [2.75, 3.05) is 0 Å². The number of benzene rings is 1. The lowest BCUT2D eigenvalue weighted by molar-refractivity contribution is 0.785. The van der Waals surface area contributed by atoms with Gasteiger partial charge in [0.05, 0.1) is 16.8 Å². The second kappa shape index (κ2) is 4.06. The molecule has 0 bridgehead atoms. The molecule has 0 aliphatic rings. The summed E-state index contributed by atoms with van der Waals surface area (Å²) in [6, 6.07) is 5.62. The molecule has 5 nitrogen and oxygen atoms in total. The molecule has 3 rings (SSSR count). The molecule has 7 heteroatoms. The average molecular weight is 266 g/mol. The first-order chi connectivity index (χ1) is 8.28. The van der Waals surface area contributed by atoms with Gasteiger partial charge < -0.3 is 5.73 Å². The highest BCUT2D eigenvalue weighted by Crippen LogP contribution is 2.27. The number of fused-ring (bicyclic) bond motifs is 1. The minimum absolute atomic E-state index is 0.330. The van der Waals surface area contributed by atoms with Gasteiger partial charge in [0.2, 0.25) is 5.13 Å². The van der Waals surface area contributed by atoms with Crippen LogP contribution in [0, 0.1) is 0 Å². The highest BCUT2D eigenvalue weighted by molar-refractivity contribution is 7.20. The average Bonchev–Trinajstić information content (AvgIpc) is 2.93. The van der Waals surface area contributed by atoms with E-state index in [4.69, 9.17) is 17.3 Å². The van der Waals surface area contributed by atoms with Crippen LogP contribution in [0.15, 0.2) is 24.5 Å². The summed E-state index contributed by atoms with van der Waals surface area (Å²) >= 11 is 7.45. The van der Waals surface area contributed by atoms with E-state index in [1.807, 2.05) is 18.2 Å². The van der Waals surface area contributed by atoms with Crippen LogP contribution < -0.4 is 5.73 Å². The van der Waals surface area contributed by atoms with Crippen LogP contribution in [0.3, 0.4) is 0 Å². The molecule has 0 aliphatic heterocycles. The van der Waals surface area contributed by atoms with Gasteiger partial charge in [-0.2, -0.15) is 9.78 Å². The molecule has 0 saturated heterocycles. The van der Waals surface area contributed by atoms with Crippen molar-refractivity contribution in [1.29, 1.82) is 0 Å². The summed E-state index contributed by atoms with van der Waals surface area (Å²) in [4.78, 5) is 8.53. The van der Waals surface area contributed by atoms with Gasteiger partial charge in [-0.1, -0.05) is 22.9 Å². The van der Waals surface area contributed by atoms with Crippen molar-refractivity contribution in [2.24, 2.45) is 5.73 Å². The summed E-state index contributed by atoms with van der Waals surface area (Å²) in [5.41, 5.74) is 6.44. The van der Waals surface area contributed by atoms with Crippen LogP contribution in [0.1, 0.15) is 5.82 Å². The molecule has 0 aliphatic carbocycles. The lowest BCUT2D eigenvalue weighted by atomic mass is 10.3. The molecular formula is C10H8ClN5S. The molecule has 0 saturated carbocycles. The zero-order valence-corrected chi connectivity index (χ0v) is 10.2. The molecule has 2 aromatic heterocycles. The number of hydrogen-bond acceptors (Lipinski definition) is 5. The summed E-state index contributed by atoms with van der Waals surface area (Å²) in [6.45, 7) is 0.330. The number of thiazole rings is 1. The van der Waals surface area contributed by atoms with Gasteiger partial charge in [0.1, 0.15) is 12.2 Å². The van der Waals surface area contributed by atoms with Crippen LogP contribution in [0.25, 0.3) is 15.3 Å². The van der Waals surface area contributed by atoms with E-state index < -0.39 is 0 Å². The normalized spacial score (nSPS) is 11.2. The molecule has 0 radical (unpaired) electrons. The van der Waals surface area contributed by atoms with Crippen LogP contribution in [0.2, 0.25) is 5.02 Å². The molecule has 0 spiro atoms. The molecule has 17 heavy (non-hydrogen) atoms. The zero-order chi connectivity index (χ0) is 11.8. The number of rotatable bonds is 2. The van der Waals surface area contributed by atoms with E-state index in [1.54, 1.807) is 4.68 Å². The first-order valence-corrected chi connectivity index (χ1v) is 6.13. The number of aromatic nitrogens is 4. The Bertz CT molecular complexity index is 674. The van der Waals surface area contributed by atoms with Crippen LogP contribution in [-0.4, -0.2) is 19.7 Å². The van der Waals surface area contributed by atoms with Crippen molar-refractivity contribution in [3.05, 3.63) is 35.4 Å². The van der Waals surface area contributed by atoms with Crippen molar-refractivity contribution in [1.82, 2.24) is 19.7 Å². The lowest BCUT2D eigenvalue weighted by Crippen LogP contribution is -2.07. The van der Waals surface area contributed by atoms with Crippen LogP contribution >= 0.6 is 22.9 Å². The second-order valence-corrected chi connectivity index (χ2v) is 4.85. The number of nitrogens with two attached hydrogens (primary N) is 1. The predicted octanol–water partition coefficient (Wildman–Crippen LogP) is 1.99. The maximum Gasteiger partial charge on any atom is 0.213 e. The van der Waals surface area contributed by atoms with E-state index in [-0.39, 0.29) is 0 Å². The third-order valence-corrected chi connectivity index (χ3v) is 3.57. The smallest absolute Gasteiger partial charge is 0.213 e. The molecule has 3 aromatic rings. The number of nitrogens with zero attached hydrogens (tertiary/aromatic N) is 4. The number of hydrogen-bond donors (Lipinski definition) is 1. The fraction of sp³-hybridized carbons (Fsp3) is 0.100. The highest BCUT2D eigenvalue weighted by atomic mass is 35.5. The minimum atomic E-state index is 0.330. The Kier molecular flexibility index (Phi) is 2.54. The standard InChI is InChI=1S/C10H8ClN5S/c11-6-1-2-8-7(3-6)15-10(17-8)16-9(4-12)13-5-14-16/h1-3,5H,4,12H2. The summed E-state index contributed by atoms with van der Waals surface area (Å²) in [5, 5.41) is 5.54. The van der Waals surface area contributed by atoms with Gasteiger partial charge in [-0.3, -0.25) is 0 Å². The predicted molar refractivity (Wildman–Crippen MR) is 67.4 cm³/mol. The second-order valence-electron chi connectivity index (χ2n) is 3.40. The van der Waals surface area contributed by atoms with Gasteiger partial charge >= 0.3 is 0 Å². The van der Waals surface area contributed by atoms with Gasteiger partial charge in [-0.25, -0.2) is 9.97 Å². The van der Waals surface area contributed by atoms with E-state index in [9.17, 15) is 0 Å². The van der Waals surface area contributed by atoms with Gasteiger partial charge in [0.15, 0.2) is 0 Å². The Hall–Kier alpha value is -1.50. The summed E-state index contributed by atoms with van der Waals surface area (Å²) in [6.07, 6.45) is 1.47. The quantitative estimate of drug-likeness (QED) is 0.769. The molecule has 0 atom stereocenters. The van der Waals surface area contributed by atoms with Gasteiger partial charge in [0.25, 0.3) is 0 Å². The highest BCUT2D eigenvalue weighted by Gasteiger charge is 2.10. The zero-order valence-electron chi connectivity index (χ0n) is 8.67. The monoisotopic (exact) mass is 265 g/mol. The molecule has 2 heterocycles. The van der Waals surface area contributed by atoms with E-state index in [0.717, 1.165) is 15.3 Å². The summed E-state index contributed by atoms with van der Waals surface area (Å²) < 4.78 is 2.71. The van der Waals surface area contributed by atoms with Crippen LogP contribution in [0.4, 0.5) is 0 Å². The summed E-state index contributed by atoms with van der Waals surface area (Å²) in [7, 11) is 0. The van der Waals surface area contributed by atoms with Crippen molar-refractivity contribution in [3.63, 3.8) is 0 Å². The molecule has 0 fully saturated rings. The molecule has 1 aromatic carbocycles. The molecule has 86 valence electrons. The van der Waals surface area contributed by atoms with Crippen molar-refractivity contribution < 1.29 is 0 Å². The maximum absolute atomic E-state index is 5.92. The fourth-order valence-corrected chi connectivity index (χ4v) is 2.63. The van der Waals surface area contributed by atoms with Gasteiger partial charge in [-0.15, -0.1) is 0 Å². The van der Waals surface area contributed by atoms with E-state index in [1.165, 1.54) is 17.7 Å². The largest absolute Gasteiger partial charge is 0.324 e. The Morgan fingerprint density at radius 3 is 3.12 bits per heavy atom. The Labute approximate surface area is 106 Å². The minimum Gasteiger partial charge on any atom is -0.324 e. The third kappa shape index (κ3) is 1.80. The van der Waals surface area contributed by atoms with Crippen molar-refractivity contribution in [2.45, 2.75) is 6.54 Å². The van der Waals surface area contributed by atoms with E-state index >= 15 is 0 Å². The molecule has 0 unspecified atom stereocenters. The van der Waals surface area contributed by atoms with Crippen molar-refractivity contribution >= 4 is 33.2 Å². The Morgan fingerprint density at radius 2 is 2.29 bits per heavy atom. The Balaban J connectivity index is 2.18. The van der Waals surface area contributed by atoms with E-state index in [2.05, 4.69) is 15.1 Å². The van der Waals surface area contributed by atoms with E-state index in [0.29, 0.717) is 17.4 Å². The fourth-order valence-electron chi connectivity index (χ4n) is 1.54. The first-order valence-electron chi connectivity index (χ1n) is 4.93. The molecular weight excluding hydrogens is 258 g/mol. The topological polar surface area (TPSA) is 69.6 Å². The van der Waals surface area contributed by atoms with Gasteiger partial charge in [0, 0.05) is 5.02 Å². The molecule has 2 N–H and O–H groups in total. The lowest BCUT2D eigenvalue weighted by Gasteiger charge is -1.97. The maximum atomic E-state index is 5.92. The Morgan fingerprint density at radius 1 is 1.41 bits per heavy atom. The van der Waals surface area contributed by atoms with Crippen LogP contribution in [0.5, 0.6) is 0 Å². The SMILES string of the molecule is NCc1ncnn1-c1nc2cc(Cl)ccc2s1.